The number of hydrogen-bond donors (Lipinski definition) is 3. The maximum absolute atomic E-state index is 13.0. The molecule has 0 saturated carbocycles. The predicted octanol–water partition coefficient (Wildman–Crippen LogP) is 1.28. The van der Waals surface area contributed by atoms with Gasteiger partial charge in [-0.1, -0.05) is 26.0 Å². The summed E-state index contributed by atoms with van der Waals surface area (Å²) >= 11 is 0. The van der Waals surface area contributed by atoms with Crippen molar-refractivity contribution < 1.29 is 9.18 Å². The monoisotopic (exact) mass is 225 g/mol. The van der Waals surface area contributed by atoms with E-state index in [2.05, 4.69) is 5.32 Å². The summed E-state index contributed by atoms with van der Waals surface area (Å²) in [7, 11) is 0. The van der Waals surface area contributed by atoms with Crippen molar-refractivity contribution in [3.05, 3.63) is 35.6 Å². The first kappa shape index (κ1) is 12.4. The van der Waals surface area contributed by atoms with Crippen LogP contribution in [0.4, 0.5) is 9.18 Å². The van der Waals surface area contributed by atoms with Crippen LogP contribution in [-0.4, -0.2) is 12.6 Å². The Morgan fingerprint density at radius 3 is 2.75 bits per heavy atom. The lowest BCUT2D eigenvalue weighted by atomic mass is 9.84. The van der Waals surface area contributed by atoms with Crippen molar-refractivity contribution in [3.8, 4) is 0 Å². The average Bonchev–Trinajstić information content (AvgIpc) is 2.26. The largest absolute Gasteiger partial charge is 0.336 e. The van der Waals surface area contributed by atoms with E-state index in [1.54, 1.807) is 6.07 Å². The highest BCUT2D eigenvalue weighted by Crippen LogP contribution is 2.22. The van der Waals surface area contributed by atoms with Gasteiger partial charge in [-0.05, 0) is 17.7 Å². The van der Waals surface area contributed by atoms with E-state index >= 15 is 0 Å². The third-order valence-corrected chi connectivity index (χ3v) is 2.43. The molecule has 2 amide bonds. The maximum atomic E-state index is 13.0. The van der Waals surface area contributed by atoms with E-state index in [1.165, 1.54) is 12.1 Å². The SMILES string of the molecule is CC(C)(CNC(=O)NN)c1cccc(F)c1. The first-order chi connectivity index (χ1) is 7.45. The third kappa shape index (κ3) is 3.20. The molecule has 0 bridgehead atoms. The normalized spacial score (nSPS) is 11.0. The van der Waals surface area contributed by atoms with Crippen molar-refractivity contribution in [1.82, 2.24) is 10.7 Å². The molecule has 1 rings (SSSR count). The van der Waals surface area contributed by atoms with Crippen LogP contribution in [0.5, 0.6) is 0 Å². The average molecular weight is 225 g/mol. The van der Waals surface area contributed by atoms with E-state index in [-0.39, 0.29) is 11.2 Å². The fourth-order valence-electron chi connectivity index (χ4n) is 1.36. The van der Waals surface area contributed by atoms with Crippen molar-refractivity contribution in [2.75, 3.05) is 6.54 Å². The van der Waals surface area contributed by atoms with Gasteiger partial charge in [0.15, 0.2) is 0 Å². The van der Waals surface area contributed by atoms with Gasteiger partial charge in [0.2, 0.25) is 0 Å². The van der Waals surface area contributed by atoms with Crippen LogP contribution >= 0.6 is 0 Å². The van der Waals surface area contributed by atoms with Crippen LogP contribution in [0.15, 0.2) is 24.3 Å². The summed E-state index contributed by atoms with van der Waals surface area (Å²) in [5.41, 5.74) is 2.45. The molecular formula is C11H16FN3O. The second-order valence-electron chi connectivity index (χ2n) is 4.22. The van der Waals surface area contributed by atoms with Gasteiger partial charge in [0.05, 0.1) is 0 Å². The molecule has 4 N–H and O–H groups in total. The predicted molar refractivity (Wildman–Crippen MR) is 60.1 cm³/mol. The van der Waals surface area contributed by atoms with E-state index in [1.807, 2.05) is 25.3 Å². The van der Waals surface area contributed by atoms with Gasteiger partial charge in [-0.2, -0.15) is 0 Å². The van der Waals surface area contributed by atoms with Gasteiger partial charge >= 0.3 is 6.03 Å². The quantitative estimate of drug-likeness (QED) is 0.412. The minimum Gasteiger partial charge on any atom is -0.336 e. The van der Waals surface area contributed by atoms with Crippen molar-refractivity contribution in [3.63, 3.8) is 0 Å². The number of hydrazine groups is 1. The van der Waals surface area contributed by atoms with E-state index in [0.29, 0.717) is 6.54 Å². The molecule has 0 radical (unpaired) electrons. The number of urea groups is 1. The Labute approximate surface area is 94.0 Å². The van der Waals surface area contributed by atoms with Crippen LogP contribution in [0.1, 0.15) is 19.4 Å². The second-order valence-corrected chi connectivity index (χ2v) is 4.22. The highest BCUT2D eigenvalue weighted by Gasteiger charge is 2.21. The molecule has 1 aromatic carbocycles. The van der Waals surface area contributed by atoms with E-state index in [4.69, 9.17) is 5.84 Å². The van der Waals surface area contributed by atoms with Gasteiger partial charge in [-0.3, -0.25) is 5.43 Å². The molecule has 5 heteroatoms. The van der Waals surface area contributed by atoms with Crippen LogP contribution in [0.25, 0.3) is 0 Å². The molecule has 88 valence electrons. The van der Waals surface area contributed by atoms with Gasteiger partial charge in [0.1, 0.15) is 5.82 Å². The number of benzene rings is 1. The number of nitrogens with one attached hydrogen (secondary N) is 2. The number of carbonyl (C=O) groups is 1. The molecule has 0 fully saturated rings. The number of hydrogen-bond acceptors (Lipinski definition) is 2. The Bertz CT molecular complexity index is 379. The Balaban J connectivity index is 2.73. The smallest absolute Gasteiger partial charge is 0.328 e. The molecule has 0 aliphatic heterocycles. The van der Waals surface area contributed by atoms with Gasteiger partial charge < -0.3 is 5.32 Å². The maximum Gasteiger partial charge on any atom is 0.328 e. The number of nitrogens with two attached hydrogens (primary N) is 1. The molecule has 0 aromatic heterocycles. The molecule has 1 aromatic rings. The van der Waals surface area contributed by atoms with E-state index in [0.717, 1.165) is 5.56 Å². The van der Waals surface area contributed by atoms with Gasteiger partial charge in [0, 0.05) is 12.0 Å². The minimum atomic E-state index is -0.454. The molecule has 0 saturated heterocycles. The Morgan fingerprint density at radius 2 is 2.19 bits per heavy atom. The Morgan fingerprint density at radius 1 is 1.50 bits per heavy atom. The molecule has 0 aliphatic carbocycles. The van der Waals surface area contributed by atoms with Crippen LogP contribution in [0, 0.1) is 5.82 Å². The van der Waals surface area contributed by atoms with Gasteiger partial charge in [0.25, 0.3) is 0 Å². The minimum absolute atomic E-state index is 0.283. The zero-order chi connectivity index (χ0) is 12.2. The summed E-state index contributed by atoms with van der Waals surface area (Å²) < 4.78 is 13.0. The first-order valence-corrected chi connectivity index (χ1v) is 4.96. The third-order valence-electron chi connectivity index (χ3n) is 2.43. The number of rotatable bonds is 3. The lowest BCUT2D eigenvalue weighted by Gasteiger charge is -2.25. The molecular weight excluding hydrogens is 209 g/mol. The zero-order valence-electron chi connectivity index (χ0n) is 9.38. The summed E-state index contributed by atoms with van der Waals surface area (Å²) in [4.78, 5) is 10.9. The van der Waals surface area contributed by atoms with Crippen molar-refractivity contribution in [2.45, 2.75) is 19.3 Å². The Hall–Kier alpha value is -1.62. The topological polar surface area (TPSA) is 67.2 Å². The molecule has 0 spiro atoms. The van der Waals surface area contributed by atoms with Crippen molar-refractivity contribution >= 4 is 6.03 Å². The number of amides is 2. The fraction of sp³-hybridized carbons (Fsp3) is 0.364. The van der Waals surface area contributed by atoms with Crippen LogP contribution in [0.2, 0.25) is 0 Å². The van der Waals surface area contributed by atoms with E-state index < -0.39 is 6.03 Å². The number of carbonyl (C=O) groups excluding carboxylic acids is 1. The van der Waals surface area contributed by atoms with E-state index in [9.17, 15) is 9.18 Å². The second kappa shape index (κ2) is 4.94. The molecule has 0 atom stereocenters. The van der Waals surface area contributed by atoms with Crippen molar-refractivity contribution in [1.29, 1.82) is 0 Å². The summed E-state index contributed by atoms with van der Waals surface area (Å²) in [5, 5.41) is 2.59. The lowest BCUT2D eigenvalue weighted by Crippen LogP contribution is -2.44. The summed E-state index contributed by atoms with van der Waals surface area (Å²) in [5.74, 6) is 4.66. The molecule has 0 heterocycles. The number of halogens is 1. The standard InChI is InChI=1S/C11H16FN3O/c1-11(2,7-14-10(16)15-13)8-4-3-5-9(12)6-8/h3-6H,7,13H2,1-2H3,(H2,14,15,16). The van der Waals surface area contributed by atoms with Gasteiger partial charge in [-0.25, -0.2) is 15.0 Å². The molecule has 16 heavy (non-hydrogen) atoms. The van der Waals surface area contributed by atoms with Crippen LogP contribution in [-0.2, 0) is 5.41 Å². The summed E-state index contributed by atoms with van der Waals surface area (Å²) in [6, 6.07) is 5.87. The molecule has 0 unspecified atom stereocenters. The highest BCUT2D eigenvalue weighted by molar-refractivity contribution is 5.73. The summed E-state index contributed by atoms with van der Waals surface area (Å²) in [6.45, 7) is 4.20. The highest BCUT2D eigenvalue weighted by atomic mass is 19.1. The lowest BCUT2D eigenvalue weighted by molar-refractivity contribution is 0.238. The van der Waals surface area contributed by atoms with Crippen LogP contribution < -0.4 is 16.6 Å². The van der Waals surface area contributed by atoms with Gasteiger partial charge in [-0.15, -0.1) is 0 Å². The fourth-order valence-corrected chi connectivity index (χ4v) is 1.36. The zero-order valence-corrected chi connectivity index (χ0v) is 9.38. The Kier molecular flexibility index (Phi) is 3.84. The van der Waals surface area contributed by atoms with Crippen LogP contribution in [0.3, 0.4) is 0 Å². The first-order valence-electron chi connectivity index (χ1n) is 4.96. The molecule has 0 aliphatic rings. The summed E-state index contributed by atoms with van der Waals surface area (Å²) in [6.07, 6.45) is 0. The molecule has 4 nitrogen and oxygen atoms in total. The van der Waals surface area contributed by atoms with Crippen molar-refractivity contribution in [2.24, 2.45) is 5.84 Å².